The first-order valence-electron chi connectivity index (χ1n) is 8.88. The molecule has 0 aliphatic carbocycles. The number of hydrogen-bond acceptors (Lipinski definition) is 4. The van der Waals surface area contributed by atoms with E-state index in [1.54, 1.807) is 24.8 Å². The number of amides is 1. The van der Waals surface area contributed by atoms with Crippen LogP contribution in [0.15, 0.2) is 63.6 Å². The molecule has 0 saturated heterocycles. The molecule has 5 nitrogen and oxygen atoms in total. The molecule has 2 aromatic carbocycles. The fraction of sp³-hybridized carbons (Fsp3) is 0.190. The van der Waals surface area contributed by atoms with Crippen LogP contribution in [0.3, 0.4) is 0 Å². The first-order valence-corrected chi connectivity index (χ1v) is 10.7. The molecule has 28 heavy (non-hydrogen) atoms. The minimum atomic E-state index is -0.0883. The van der Waals surface area contributed by atoms with Gasteiger partial charge in [-0.3, -0.25) is 4.79 Å². The van der Waals surface area contributed by atoms with Gasteiger partial charge in [0.15, 0.2) is 18.6 Å². The molecule has 142 valence electrons. The summed E-state index contributed by atoms with van der Waals surface area (Å²) >= 11 is 5.14. The van der Waals surface area contributed by atoms with Crippen LogP contribution in [0.1, 0.15) is 22.1 Å². The van der Waals surface area contributed by atoms with Crippen LogP contribution >= 0.6 is 27.7 Å². The van der Waals surface area contributed by atoms with Crippen LogP contribution < -0.4 is 5.32 Å². The van der Waals surface area contributed by atoms with Crippen LogP contribution in [0.4, 0.5) is 11.5 Å². The minimum absolute atomic E-state index is 0.0883. The van der Waals surface area contributed by atoms with Gasteiger partial charge in [0.1, 0.15) is 11.0 Å². The first-order chi connectivity index (χ1) is 13.6. The van der Waals surface area contributed by atoms with Crippen LogP contribution in [0.25, 0.3) is 0 Å². The Morgan fingerprint density at radius 1 is 1.25 bits per heavy atom. The van der Waals surface area contributed by atoms with Crippen molar-refractivity contribution in [2.24, 2.45) is 0 Å². The van der Waals surface area contributed by atoms with E-state index in [0.717, 1.165) is 11.0 Å². The molecule has 0 radical (unpaired) electrons. The molecule has 2 heterocycles. The summed E-state index contributed by atoms with van der Waals surface area (Å²) in [5, 5.41) is 6.70. The average molecular weight is 457 g/mol. The summed E-state index contributed by atoms with van der Waals surface area (Å²) in [6, 6.07) is 18.4. The average Bonchev–Trinajstić information content (AvgIpc) is 3.24. The van der Waals surface area contributed by atoms with Crippen LogP contribution in [0, 0.1) is 6.92 Å². The summed E-state index contributed by atoms with van der Waals surface area (Å²) in [5.41, 5.74) is 3.64. The van der Waals surface area contributed by atoms with Crippen LogP contribution in [0.5, 0.6) is 0 Å². The number of carbonyl (C=O) groups is 1. The lowest BCUT2D eigenvalue weighted by Crippen LogP contribution is -2.15. The zero-order chi connectivity index (χ0) is 19.5. The second-order valence-corrected chi connectivity index (χ2v) is 8.61. The summed E-state index contributed by atoms with van der Waals surface area (Å²) in [5.74, 6) is 1.38. The van der Waals surface area contributed by atoms with Gasteiger partial charge in [-0.15, -0.1) is 11.8 Å². The molecule has 1 unspecified atom stereocenters. The summed E-state index contributed by atoms with van der Waals surface area (Å²) < 4.78 is 8.31. The number of nitrogens with one attached hydrogen (secondary N) is 1. The van der Waals surface area contributed by atoms with Gasteiger partial charge in [0.05, 0.1) is 5.75 Å². The Hall–Kier alpha value is -2.38. The van der Waals surface area contributed by atoms with Crippen molar-refractivity contribution in [3.63, 3.8) is 0 Å². The second kappa shape index (κ2) is 8.32. The molecule has 1 atom stereocenters. The van der Waals surface area contributed by atoms with Crippen molar-refractivity contribution in [1.29, 1.82) is 0 Å². The quantitative estimate of drug-likeness (QED) is 0.524. The number of anilines is 1. The van der Waals surface area contributed by atoms with Crippen LogP contribution in [-0.4, -0.2) is 27.6 Å². The molecule has 1 aliphatic rings. The highest BCUT2D eigenvalue weighted by Crippen LogP contribution is 2.39. The lowest BCUT2D eigenvalue weighted by Gasteiger charge is -2.05. The van der Waals surface area contributed by atoms with Crippen molar-refractivity contribution in [3.05, 3.63) is 76.0 Å². The third-order valence-corrected chi connectivity index (χ3v) is 6.06. The van der Waals surface area contributed by atoms with Gasteiger partial charge in [-0.05, 0) is 19.1 Å². The number of rotatable bonds is 6. The smallest absolute Gasteiger partial charge is 0.235 e. The third kappa shape index (κ3) is 4.36. The number of aromatic nitrogens is 1. The second-order valence-electron chi connectivity index (χ2n) is 6.57. The maximum absolute atomic E-state index is 12.3. The summed E-state index contributed by atoms with van der Waals surface area (Å²) in [4.78, 5) is 12.3. The molecule has 4 rings (SSSR count). The number of thioether (sulfide) groups is 1. The molecule has 0 saturated carbocycles. The number of fused-ring (bicyclic) bond motifs is 1. The van der Waals surface area contributed by atoms with Crippen molar-refractivity contribution in [3.8, 4) is 0 Å². The van der Waals surface area contributed by atoms with Gasteiger partial charge in [-0.1, -0.05) is 51.4 Å². The Balaban J connectivity index is 1.46. The zero-order valence-electron chi connectivity index (χ0n) is 15.3. The van der Waals surface area contributed by atoms with E-state index < -0.39 is 0 Å². The van der Waals surface area contributed by atoms with Crippen LogP contribution in [-0.2, 0) is 11.3 Å². The fourth-order valence-corrected chi connectivity index (χ4v) is 4.65. The van der Waals surface area contributed by atoms with E-state index >= 15 is 0 Å². The van der Waals surface area contributed by atoms with Gasteiger partial charge in [0.2, 0.25) is 11.6 Å². The predicted molar refractivity (Wildman–Crippen MR) is 115 cm³/mol. The largest absolute Gasteiger partial charge is 0.360 e. The molecular formula is C21H19BrN3O2S+. The van der Waals surface area contributed by atoms with E-state index in [-0.39, 0.29) is 11.2 Å². The lowest BCUT2D eigenvalue weighted by molar-refractivity contribution is -0.450. The van der Waals surface area contributed by atoms with Gasteiger partial charge in [-0.25, -0.2) is 0 Å². The van der Waals surface area contributed by atoms with Gasteiger partial charge < -0.3 is 9.84 Å². The predicted octanol–water partition coefficient (Wildman–Crippen LogP) is 5.09. The zero-order valence-corrected chi connectivity index (χ0v) is 17.7. The molecule has 1 N–H and O–H groups in total. The number of carbonyl (C=O) groups excluding carboxylic acids is 1. The monoisotopic (exact) mass is 456 g/mol. The molecule has 0 fully saturated rings. The molecule has 1 amide bonds. The number of aryl methyl sites for hydroxylation is 1. The standard InChI is InChI=1S/C21H18BrN3O2S/c1-14-9-20(24-27-14)23-21(26)13-28-19-12-25(18-8-3-2-7-17(18)19)11-15-5-4-6-16(22)10-15/h2-10,12,19H,11,13H2,1H3/p+1. The van der Waals surface area contributed by atoms with E-state index in [2.05, 4.69) is 61.5 Å². The number of halogens is 1. The maximum Gasteiger partial charge on any atom is 0.235 e. The van der Waals surface area contributed by atoms with Crippen molar-refractivity contribution in [2.75, 3.05) is 11.1 Å². The summed E-state index contributed by atoms with van der Waals surface area (Å²) in [7, 11) is 0. The number of para-hydroxylation sites is 1. The minimum Gasteiger partial charge on any atom is -0.360 e. The molecule has 0 bridgehead atoms. The Kier molecular flexibility index (Phi) is 5.64. The fourth-order valence-electron chi connectivity index (χ4n) is 3.19. The molecular weight excluding hydrogens is 438 g/mol. The number of nitrogens with zero attached hydrogens (tertiary/aromatic N) is 2. The number of hydrogen-bond donors (Lipinski definition) is 1. The third-order valence-electron chi connectivity index (χ3n) is 4.40. The Bertz CT molecular complexity index is 1050. The molecule has 7 heteroatoms. The van der Waals surface area contributed by atoms with Crippen molar-refractivity contribution in [2.45, 2.75) is 18.7 Å². The first kappa shape index (κ1) is 19.0. The van der Waals surface area contributed by atoms with Gasteiger partial charge in [-0.2, -0.15) is 4.58 Å². The van der Waals surface area contributed by atoms with E-state index in [9.17, 15) is 4.79 Å². The van der Waals surface area contributed by atoms with Crippen molar-refractivity contribution < 1.29 is 13.9 Å². The molecule has 3 aromatic rings. The maximum atomic E-state index is 12.3. The summed E-state index contributed by atoms with van der Waals surface area (Å²) in [6.07, 6.45) is 2.20. The van der Waals surface area contributed by atoms with Crippen molar-refractivity contribution in [1.82, 2.24) is 5.16 Å². The molecule has 1 aromatic heterocycles. The van der Waals surface area contributed by atoms with E-state index in [0.29, 0.717) is 17.3 Å². The Morgan fingerprint density at radius 2 is 2.11 bits per heavy atom. The molecule has 1 aliphatic heterocycles. The number of benzene rings is 2. The van der Waals surface area contributed by atoms with Crippen molar-refractivity contribution >= 4 is 51.3 Å². The van der Waals surface area contributed by atoms with Gasteiger partial charge in [0.25, 0.3) is 0 Å². The normalized spacial score (nSPS) is 15.2. The topological polar surface area (TPSA) is 58.1 Å². The van der Waals surface area contributed by atoms with E-state index in [1.165, 1.54) is 16.8 Å². The van der Waals surface area contributed by atoms with Gasteiger partial charge in [0, 0.05) is 27.7 Å². The Labute approximate surface area is 176 Å². The molecule has 0 spiro atoms. The highest BCUT2D eigenvalue weighted by Gasteiger charge is 2.31. The van der Waals surface area contributed by atoms with Crippen LogP contribution in [0.2, 0.25) is 0 Å². The SMILES string of the molecule is Cc1cc(NC(=O)CSC2C=[N+](Cc3cccc(Br)c3)c3ccccc32)no1. The highest BCUT2D eigenvalue weighted by molar-refractivity contribution is 9.10. The van der Waals surface area contributed by atoms with Gasteiger partial charge >= 0.3 is 0 Å². The van der Waals surface area contributed by atoms with E-state index in [1.807, 2.05) is 24.3 Å². The van der Waals surface area contributed by atoms with E-state index in [4.69, 9.17) is 4.52 Å². The lowest BCUT2D eigenvalue weighted by atomic mass is 10.1. The summed E-state index contributed by atoms with van der Waals surface area (Å²) in [6.45, 7) is 2.58. The Morgan fingerprint density at radius 3 is 2.89 bits per heavy atom. The highest BCUT2D eigenvalue weighted by atomic mass is 79.9.